The molecule has 0 amide bonds. The molecule has 0 saturated carbocycles. The van der Waals surface area contributed by atoms with Gasteiger partial charge in [-0.1, -0.05) is 20.8 Å². The van der Waals surface area contributed by atoms with Crippen molar-refractivity contribution < 1.29 is 19.1 Å². The summed E-state index contributed by atoms with van der Waals surface area (Å²) >= 11 is 0. The lowest BCUT2D eigenvalue weighted by Gasteiger charge is -2.37. The highest BCUT2D eigenvalue weighted by molar-refractivity contribution is 6.00. The number of nitrogens with two attached hydrogens (primary N) is 1. The number of methoxy groups -OCH3 is 1. The Kier molecular flexibility index (Phi) is 5.02. The number of rotatable bonds is 4. The molecular weight excluding hydrogens is 360 g/mol. The van der Waals surface area contributed by atoms with Crippen LogP contribution >= 0.6 is 0 Å². The van der Waals surface area contributed by atoms with E-state index in [9.17, 15) is 14.9 Å². The number of allylic oxidation sites excluding steroid dienone is 3. The summed E-state index contributed by atoms with van der Waals surface area (Å²) in [5.41, 5.74) is 7.05. The molecule has 0 spiro atoms. The molecule has 1 aliphatic carbocycles. The number of ketones is 1. The van der Waals surface area contributed by atoms with Crippen molar-refractivity contribution in [2.24, 2.45) is 11.1 Å². The number of aromatic nitrogens is 2. The Labute approximate surface area is 163 Å². The predicted octanol–water partition coefficient (Wildman–Crippen LogP) is 2.53. The van der Waals surface area contributed by atoms with Gasteiger partial charge >= 0.3 is 5.97 Å². The molecule has 2 N–H and O–H groups in total. The molecule has 2 heterocycles. The third-order valence-corrected chi connectivity index (χ3v) is 5.01. The van der Waals surface area contributed by atoms with Gasteiger partial charge in [-0.2, -0.15) is 10.4 Å². The van der Waals surface area contributed by atoms with Crippen LogP contribution in [0.3, 0.4) is 0 Å². The molecule has 1 aromatic rings. The van der Waals surface area contributed by atoms with Gasteiger partial charge in [-0.15, -0.1) is 0 Å². The van der Waals surface area contributed by atoms with Gasteiger partial charge in [0, 0.05) is 25.0 Å². The first-order chi connectivity index (χ1) is 13.2. The summed E-state index contributed by atoms with van der Waals surface area (Å²) in [4.78, 5) is 25.0. The van der Waals surface area contributed by atoms with Gasteiger partial charge in [-0.05, 0) is 17.9 Å². The summed E-state index contributed by atoms with van der Waals surface area (Å²) in [7, 11) is 1.28. The van der Waals surface area contributed by atoms with E-state index >= 15 is 0 Å². The minimum atomic E-state index is -0.713. The van der Waals surface area contributed by atoms with Crippen LogP contribution in [-0.4, -0.2) is 28.6 Å². The number of carbonyl (C=O) groups is 2. The lowest BCUT2D eigenvalue weighted by atomic mass is 9.71. The molecule has 0 unspecified atom stereocenters. The van der Waals surface area contributed by atoms with E-state index in [1.807, 2.05) is 20.8 Å². The number of hydrogen-bond donors (Lipinski definition) is 1. The molecule has 1 aromatic heterocycles. The number of aryl methyl sites for hydroxylation is 1. The molecule has 0 fully saturated rings. The summed E-state index contributed by atoms with van der Waals surface area (Å²) in [6.45, 7) is 6.47. The lowest BCUT2D eigenvalue weighted by Crippen LogP contribution is -2.34. The summed E-state index contributed by atoms with van der Waals surface area (Å²) < 4.78 is 12.1. The number of carbonyl (C=O) groups excluding carboxylic acids is 2. The topological polar surface area (TPSA) is 120 Å². The van der Waals surface area contributed by atoms with Crippen LogP contribution in [0.4, 0.5) is 0 Å². The highest BCUT2D eigenvalue weighted by Gasteiger charge is 2.44. The Balaban J connectivity index is 2.22. The van der Waals surface area contributed by atoms with Crippen molar-refractivity contribution in [1.29, 1.82) is 5.26 Å². The summed E-state index contributed by atoms with van der Waals surface area (Å²) in [6, 6.07) is 3.65. The Bertz CT molecular complexity index is 946. The standard InChI is InChI=1S/C20H24N4O4/c1-5-6-24-13(7-12(23-24)19(26)27-4)16-11(10-21)18(22)28-15-9-20(2,3)8-14(25)17(15)16/h7,16H,5-6,8-9,22H2,1-4H3/t16-/m1/s1. The zero-order valence-electron chi connectivity index (χ0n) is 16.5. The van der Waals surface area contributed by atoms with Gasteiger partial charge in [-0.3, -0.25) is 9.48 Å². The molecule has 8 heteroatoms. The smallest absolute Gasteiger partial charge is 0.358 e. The number of esters is 1. The van der Waals surface area contributed by atoms with Gasteiger partial charge in [0.15, 0.2) is 11.5 Å². The van der Waals surface area contributed by atoms with E-state index in [-0.39, 0.29) is 28.3 Å². The van der Waals surface area contributed by atoms with E-state index in [1.54, 1.807) is 10.7 Å². The number of hydrogen-bond acceptors (Lipinski definition) is 7. The second-order valence-corrected chi connectivity index (χ2v) is 7.87. The fourth-order valence-electron chi connectivity index (χ4n) is 3.84. The van der Waals surface area contributed by atoms with E-state index in [0.29, 0.717) is 36.4 Å². The zero-order chi connectivity index (χ0) is 20.6. The van der Waals surface area contributed by atoms with Crippen LogP contribution in [0, 0.1) is 16.7 Å². The third kappa shape index (κ3) is 3.28. The molecule has 0 bridgehead atoms. The Hall–Kier alpha value is -3.08. The van der Waals surface area contributed by atoms with Gasteiger partial charge in [0.2, 0.25) is 5.88 Å². The average Bonchev–Trinajstić information content (AvgIpc) is 3.02. The molecule has 0 radical (unpaired) electrons. The second-order valence-electron chi connectivity index (χ2n) is 7.87. The van der Waals surface area contributed by atoms with E-state index in [1.165, 1.54) is 7.11 Å². The molecule has 1 atom stereocenters. The quantitative estimate of drug-likeness (QED) is 0.792. The minimum absolute atomic E-state index is 0.0133. The van der Waals surface area contributed by atoms with Crippen molar-refractivity contribution in [3.8, 4) is 6.07 Å². The maximum atomic E-state index is 13.0. The van der Waals surface area contributed by atoms with Crippen molar-refractivity contribution in [2.45, 2.75) is 52.5 Å². The van der Waals surface area contributed by atoms with Crippen LogP contribution in [0.25, 0.3) is 0 Å². The van der Waals surface area contributed by atoms with Crippen molar-refractivity contribution in [1.82, 2.24) is 9.78 Å². The van der Waals surface area contributed by atoms with Gasteiger partial charge in [0.05, 0.1) is 18.7 Å². The largest absolute Gasteiger partial charge is 0.464 e. The predicted molar refractivity (Wildman–Crippen MR) is 99.6 cm³/mol. The van der Waals surface area contributed by atoms with Crippen molar-refractivity contribution in [3.05, 3.63) is 40.2 Å². The molecular formula is C20H24N4O4. The number of Topliss-reactive ketones (excluding diaryl/α,β-unsaturated/α-hetero) is 1. The fourth-order valence-corrected chi connectivity index (χ4v) is 3.84. The summed E-state index contributed by atoms with van der Waals surface area (Å²) in [5.74, 6) is -0.897. The highest BCUT2D eigenvalue weighted by Crippen LogP contribution is 2.47. The van der Waals surface area contributed by atoms with Gasteiger partial charge in [-0.25, -0.2) is 4.79 Å². The van der Waals surface area contributed by atoms with Crippen molar-refractivity contribution >= 4 is 11.8 Å². The first kappa shape index (κ1) is 19.7. The maximum absolute atomic E-state index is 13.0. The molecule has 8 nitrogen and oxygen atoms in total. The van der Waals surface area contributed by atoms with Crippen LogP contribution in [0.5, 0.6) is 0 Å². The molecule has 28 heavy (non-hydrogen) atoms. The van der Waals surface area contributed by atoms with Crippen LogP contribution in [0.1, 0.15) is 62.1 Å². The highest BCUT2D eigenvalue weighted by atomic mass is 16.5. The van der Waals surface area contributed by atoms with Crippen molar-refractivity contribution in [3.63, 3.8) is 0 Å². The van der Waals surface area contributed by atoms with Gasteiger partial charge in [0.25, 0.3) is 0 Å². The molecule has 3 rings (SSSR count). The molecule has 148 valence electrons. The summed E-state index contributed by atoms with van der Waals surface area (Å²) in [6.07, 6.45) is 1.64. The third-order valence-electron chi connectivity index (χ3n) is 5.01. The van der Waals surface area contributed by atoms with Crippen LogP contribution in [0.15, 0.2) is 28.9 Å². The van der Waals surface area contributed by atoms with E-state index in [4.69, 9.17) is 15.2 Å². The molecule has 0 saturated heterocycles. The van der Waals surface area contributed by atoms with E-state index in [0.717, 1.165) is 6.42 Å². The van der Waals surface area contributed by atoms with Crippen molar-refractivity contribution in [2.75, 3.05) is 7.11 Å². The normalized spacial score (nSPS) is 21.1. The fraction of sp³-hybridized carbons (Fsp3) is 0.500. The lowest BCUT2D eigenvalue weighted by molar-refractivity contribution is -0.119. The number of nitrogens with zero attached hydrogens (tertiary/aromatic N) is 3. The Morgan fingerprint density at radius 3 is 2.82 bits per heavy atom. The monoisotopic (exact) mass is 384 g/mol. The van der Waals surface area contributed by atoms with E-state index in [2.05, 4.69) is 11.2 Å². The number of ether oxygens (including phenoxy) is 2. The van der Waals surface area contributed by atoms with Gasteiger partial charge in [0.1, 0.15) is 17.4 Å². The zero-order valence-corrected chi connectivity index (χ0v) is 16.5. The number of nitriles is 1. The first-order valence-electron chi connectivity index (χ1n) is 9.22. The first-order valence-corrected chi connectivity index (χ1v) is 9.22. The maximum Gasteiger partial charge on any atom is 0.358 e. The van der Waals surface area contributed by atoms with Gasteiger partial charge < -0.3 is 15.2 Å². The summed E-state index contributed by atoms with van der Waals surface area (Å²) in [5, 5.41) is 14.1. The second kappa shape index (κ2) is 7.15. The molecule has 0 aromatic carbocycles. The van der Waals surface area contributed by atoms with Crippen LogP contribution < -0.4 is 5.73 Å². The minimum Gasteiger partial charge on any atom is -0.464 e. The Morgan fingerprint density at radius 1 is 1.50 bits per heavy atom. The molecule has 1 aliphatic heterocycles. The average molecular weight is 384 g/mol. The SMILES string of the molecule is CCCn1nc(C(=O)OC)cc1[C@H]1C(C#N)=C(N)OC2=C1C(=O)CC(C)(C)C2. The van der Waals surface area contributed by atoms with E-state index < -0.39 is 11.9 Å². The van der Waals surface area contributed by atoms with Crippen LogP contribution in [-0.2, 0) is 20.8 Å². The Morgan fingerprint density at radius 2 is 2.21 bits per heavy atom. The molecule has 2 aliphatic rings. The van der Waals surface area contributed by atoms with Crippen LogP contribution in [0.2, 0.25) is 0 Å².